The molecule has 1 N–H and O–H groups in total. The van der Waals surface area contributed by atoms with Crippen molar-refractivity contribution in [1.29, 1.82) is 0 Å². The van der Waals surface area contributed by atoms with Gasteiger partial charge in [0.15, 0.2) is 0 Å². The quantitative estimate of drug-likeness (QED) is 0.776. The highest BCUT2D eigenvalue weighted by atomic mass is 32.1. The Morgan fingerprint density at radius 3 is 2.75 bits per heavy atom. The van der Waals surface area contributed by atoms with Crippen LogP contribution in [0.5, 0.6) is 0 Å². The molecule has 0 aliphatic carbocycles. The summed E-state index contributed by atoms with van der Waals surface area (Å²) in [7, 11) is 0. The molecular weight excluding hydrogens is 374 g/mol. The third-order valence-corrected chi connectivity index (χ3v) is 6.30. The average molecular weight is 400 g/mol. The van der Waals surface area contributed by atoms with E-state index in [1.54, 1.807) is 11.3 Å². The number of nitrogens with zero attached hydrogens (tertiary/aromatic N) is 2. The van der Waals surface area contributed by atoms with Crippen molar-refractivity contribution in [3.05, 3.63) is 57.8 Å². The third-order valence-electron chi connectivity index (χ3n) is 5.33. The fraction of sp³-hybridized carbons (Fsp3) is 0.429. The van der Waals surface area contributed by atoms with E-state index in [1.165, 1.54) is 0 Å². The van der Waals surface area contributed by atoms with Gasteiger partial charge in [-0.2, -0.15) is 0 Å². The van der Waals surface area contributed by atoms with E-state index in [0.29, 0.717) is 13.1 Å². The van der Waals surface area contributed by atoms with E-state index < -0.39 is 0 Å². The molecule has 2 aliphatic heterocycles. The SMILES string of the molecule is O=C(CC(c1cccs1)N1Cc2ccccc2C1=O)NCCN1CCOCC1. The minimum absolute atomic E-state index is 0.00937. The Kier molecular flexibility index (Phi) is 6.04. The van der Waals surface area contributed by atoms with Crippen molar-refractivity contribution < 1.29 is 14.3 Å². The fourth-order valence-electron chi connectivity index (χ4n) is 3.80. The molecule has 6 nitrogen and oxygen atoms in total. The van der Waals surface area contributed by atoms with Crippen LogP contribution in [0.4, 0.5) is 0 Å². The Morgan fingerprint density at radius 1 is 1.18 bits per heavy atom. The number of morpholine rings is 1. The Bertz CT molecular complexity index is 818. The molecule has 28 heavy (non-hydrogen) atoms. The standard InChI is InChI=1S/C21H25N3O3S/c25-20(22-7-8-23-9-11-27-12-10-23)14-18(19-6-3-13-28-19)24-15-16-4-1-2-5-17(16)21(24)26/h1-6,13,18H,7-12,14-15H2,(H,22,25). The minimum Gasteiger partial charge on any atom is -0.379 e. The first-order valence-corrected chi connectivity index (χ1v) is 10.6. The van der Waals surface area contributed by atoms with Gasteiger partial charge in [0.1, 0.15) is 0 Å². The second kappa shape index (κ2) is 8.86. The molecule has 2 aromatic rings. The molecule has 1 aromatic heterocycles. The van der Waals surface area contributed by atoms with Crippen molar-refractivity contribution in [1.82, 2.24) is 15.1 Å². The van der Waals surface area contributed by atoms with E-state index in [4.69, 9.17) is 4.74 Å². The summed E-state index contributed by atoms with van der Waals surface area (Å²) in [5, 5.41) is 5.02. The number of ether oxygens (including phenoxy) is 1. The molecule has 0 spiro atoms. The average Bonchev–Trinajstić information content (AvgIpc) is 3.36. The molecule has 2 amide bonds. The van der Waals surface area contributed by atoms with E-state index in [2.05, 4.69) is 10.2 Å². The lowest BCUT2D eigenvalue weighted by atomic mass is 10.1. The van der Waals surface area contributed by atoms with Gasteiger partial charge >= 0.3 is 0 Å². The zero-order valence-electron chi connectivity index (χ0n) is 15.8. The predicted octanol–water partition coefficient (Wildman–Crippen LogP) is 2.28. The van der Waals surface area contributed by atoms with Crippen LogP contribution >= 0.6 is 11.3 Å². The summed E-state index contributed by atoms with van der Waals surface area (Å²) in [6.07, 6.45) is 0.281. The first-order valence-electron chi connectivity index (χ1n) is 9.71. The Balaban J connectivity index is 1.39. The number of rotatable bonds is 7. The van der Waals surface area contributed by atoms with Crippen molar-refractivity contribution in [2.75, 3.05) is 39.4 Å². The van der Waals surface area contributed by atoms with Crippen LogP contribution in [0.1, 0.15) is 33.3 Å². The van der Waals surface area contributed by atoms with Crippen LogP contribution in [0, 0.1) is 0 Å². The summed E-state index contributed by atoms with van der Waals surface area (Å²) >= 11 is 1.59. The summed E-state index contributed by atoms with van der Waals surface area (Å²) in [6, 6.07) is 11.4. The number of benzene rings is 1. The van der Waals surface area contributed by atoms with E-state index in [-0.39, 0.29) is 24.3 Å². The number of thiophene rings is 1. The Labute approximate surface area is 169 Å². The van der Waals surface area contributed by atoms with Gasteiger partial charge in [0.2, 0.25) is 5.91 Å². The molecule has 1 unspecified atom stereocenters. The van der Waals surface area contributed by atoms with Crippen LogP contribution in [0.2, 0.25) is 0 Å². The largest absolute Gasteiger partial charge is 0.379 e. The Hall–Kier alpha value is -2.22. The number of carbonyl (C=O) groups excluding carboxylic acids is 2. The highest BCUT2D eigenvalue weighted by Gasteiger charge is 2.34. The minimum atomic E-state index is -0.233. The fourth-order valence-corrected chi connectivity index (χ4v) is 4.64. The van der Waals surface area contributed by atoms with Crippen LogP contribution in [0.3, 0.4) is 0 Å². The van der Waals surface area contributed by atoms with Gasteiger partial charge in [-0.05, 0) is 23.1 Å². The smallest absolute Gasteiger partial charge is 0.255 e. The predicted molar refractivity (Wildman–Crippen MR) is 108 cm³/mol. The van der Waals surface area contributed by atoms with Crippen LogP contribution in [0.25, 0.3) is 0 Å². The zero-order valence-corrected chi connectivity index (χ0v) is 16.6. The molecule has 0 bridgehead atoms. The first-order chi connectivity index (χ1) is 13.7. The lowest BCUT2D eigenvalue weighted by molar-refractivity contribution is -0.122. The summed E-state index contributed by atoms with van der Waals surface area (Å²) in [5.74, 6) is -0.00877. The van der Waals surface area contributed by atoms with Gasteiger partial charge in [-0.1, -0.05) is 24.3 Å². The maximum absolute atomic E-state index is 12.9. The normalized spacial score (nSPS) is 18.1. The van der Waals surface area contributed by atoms with Crippen LogP contribution < -0.4 is 5.32 Å². The Morgan fingerprint density at radius 2 is 2.00 bits per heavy atom. The molecule has 3 heterocycles. The maximum Gasteiger partial charge on any atom is 0.255 e. The molecule has 0 radical (unpaired) electrons. The van der Waals surface area contributed by atoms with Crippen LogP contribution in [0.15, 0.2) is 41.8 Å². The highest BCUT2D eigenvalue weighted by molar-refractivity contribution is 7.10. The summed E-state index contributed by atoms with van der Waals surface area (Å²) in [4.78, 5) is 30.7. The lowest BCUT2D eigenvalue weighted by Gasteiger charge is -2.28. The van der Waals surface area contributed by atoms with Gasteiger partial charge in [0.25, 0.3) is 5.91 Å². The van der Waals surface area contributed by atoms with Crippen molar-refractivity contribution in [3.63, 3.8) is 0 Å². The summed E-state index contributed by atoms with van der Waals surface area (Å²) < 4.78 is 5.35. The number of hydrogen-bond acceptors (Lipinski definition) is 5. The van der Waals surface area contributed by atoms with Gasteiger partial charge in [-0.25, -0.2) is 0 Å². The maximum atomic E-state index is 12.9. The van der Waals surface area contributed by atoms with Crippen LogP contribution in [-0.2, 0) is 16.1 Å². The van der Waals surface area contributed by atoms with Crippen molar-refractivity contribution in [2.24, 2.45) is 0 Å². The number of nitrogens with one attached hydrogen (secondary N) is 1. The second-order valence-electron chi connectivity index (χ2n) is 7.13. The monoisotopic (exact) mass is 399 g/mol. The van der Waals surface area contributed by atoms with E-state index in [0.717, 1.165) is 48.9 Å². The van der Waals surface area contributed by atoms with Gasteiger partial charge in [0.05, 0.1) is 25.7 Å². The molecular formula is C21H25N3O3S. The molecule has 4 rings (SSSR count). The first kappa shape index (κ1) is 19.1. The highest BCUT2D eigenvalue weighted by Crippen LogP contribution is 2.35. The molecule has 1 aromatic carbocycles. The van der Waals surface area contributed by atoms with Gasteiger partial charge in [-0.15, -0.1) is 11.3 Å². The van der Waals surface area contributed by atoms with Crippen molar-refractivity contribution in [3.8, 4) is 0 Å². The van der Waals surface area contributed by atoms with Crippen LogP contribution in [-0.4, -0.2) is 61.0 Å². The summed E-state index contributed by atoms with van der Waals surface area (Å²) in [6.45, 7) is 5.33. The van der Waals surface area contributed by atoms with Gasteiger partial charge in [0, 0.05) is 43.2 Å². The topological polar surface area (TPSA) is 61.9 Å². The number of hydrogen-bond donors (Lipinski definition) is 1. The van der Waals surface area contributed by atoms with Gasteiger partial charge < -0.3 is 15.0 Å². The molecule has 0 saturated carbocycles. The molecule has 2 aliphatic rings. The molecule has 148 valence electrons. The third kappa shape index (κ3) is 4.27. The molecule has 1 saturated heterocycles. The number of amides is 2. The van der Waals surface area contributed by atoms with E-state index >= 15 is 0 Å². The van der Waals surface area contributed by atoms with E-state index in [1.807, 2.05) is 46.7 Å². The molecule has 1 atom stereocenters. The second-order valence-corrected chi connectivity index (χ2v) is 8.11. The zero-order chi connectivity index (χ0) is 19.3. The van der Waals surface area contributed by atoms with Crippen molar-refractivity contribution >= 4 is 23.2 Å². The van der Waals surface area contributed by atoms with E-state index in [9.17, 15) is 9.59 Å². The molecule has 1 fully saturated rings. The van der Waals surface area contributed by atoms with Gasteiger partial charge in [-0.3, -0.25) is 14.5 Å². The summed E-state index contributed by atoms with van der Waals surface area (Å²) in [5.41, 5.74) is 1.78. The lowest BCUT2D eigenvalue weighted by Crippen LogP contribution is -2.42. The van der Waals surface area contributed by atoms with Crippen molar-refractivity contribution in [2.45, 2.75) is 19.0 Å². The number of carbonyl (C=O) groups is 2. The number of fused-ring (bicyclic) bond motifs is 1. The molecule has 7 heteroatoms.